The number of amides is 2. The minimum absolute atomic E-state index is 0.153. The topological polar surface area (TPSA) is 84.2 Å². The van der Waals surface area contributed by atoms with Crippen LogP contribution in [0.25, 0.3) is 0 Å². The van der Waals surface area contributed by atoms with Crippen LogP contribution in [0.5, 0.6) is 0 Å². The monoisotopic (exact) mass is 235 g/mol. The number of hydrogen-bond acceptors (Lipinski definition) is 3. The van der Waals surface area contributed by atoms with Gasteiger partial charge in [-0.25, -0.2) is 0 Å². The Morgan fingerprint density at radius 3 is 2.65 bits per heavy atom. The molecule has 0 heterocycles. The van der Waals surface area contributed by atoms with Crippen LogP contribution < -0.4 is 16.4 Å². The summed E-state index contributed by atoms with van der Waals surface area (Å²) in [4.78, 5) is 22.3. The van der Waals surface area contributed by atoms with Gasteiger partial charge < -0.3 is 16.4 Å². The SMILES string of the molecule is CNc1ccccc1C(=O)NCCCC(N)=O. The third kappa shape index (κ3) is 4.14. The summed E-state index contributed by atoms with van der Waals surface area (Å²) in [6.45, 7) is 0.444. The standard InChI is InChI=1S/C12H17N3O2/c1-14-10-6-3-2-5-9(10)12(17)15-8-4-7-11(13)16/h2-3,5-6,14H,4,7-8H2,1H3,(H2,13,16)(H,15,17). The molecular formula is C12H17N3O2. The highest BCUT2D eigenvalue weighted by molar-refractivity contribution is 5.99. The summed E-state index contributed by atoms with van der Waals surface area (Å²) in [5.74, 6) is -0.505. The number of carbonyl (C=O) groups is 2. The Labute approximate surface area is 100 Å². The van der Waals surface area contributed by atoms with Gasteiger partial charge in [0.25, 0.3) is 5.91 Å². The van der Waals surface area contributed by atoms with Crippen LogP contribution in [0.1, 0.15) is 23.2 Å². The quantitative estimate of drug-likeness (QED) is 0.635. The molecule has 1 aromatic carbocycles. The van der Waals surface area contributed by atoms with Crippen molar-refractivity contribution in [2.75, 3.05) is 18.9 Å². The van der Waals surface area contributed by atoms with E-state index in [1.54, 1.807) is 19.2 Å². The van der Waals surface area contributed by atoms with Gasteiger partial charge >= 0.3 is 0 Å². The van der Waals surface area contributed by atoms with E-state index in [2.05, 4.69) is 10.6 Å². The zero-order chi connectivity index (χ0) is 12.7. The average Bonchev–Trinajstić information content (AvgIpc) is 2.34. The largest absolute Gasteiger partial charge is 0.387 e. The first-order valence-electron chi connectivity index (χ1n) is 5.48. The number of benzene rings is 1. The highest BCUT2D eigenvalue weighted by Crippen LogP contribution is 2.13. The van der Waals surface area contributed by atoms with Crippen molar-refractivity contribution in [2.24, 2.45) is 5.73 Å². The van der Waals surface area contributed by atoms with Gasteiger partial charge in [0.1, 0.15) is 0 Å². The van der Waals surface area contributed by atoms with E-state index in [0.717, 1.165) is 5.69 Å². The third-order valence-electron chi connectivity index (χ3n) is 2.33. The third-order valence-corrected chi connectivity index (χ3v) is 2.33. The highest BCUT2D eigenvalue weighted by Gasteiger charge is 2.08. The first-order valence-corrected chi connectivity index (χ1v) is 5.48. The molecule has 17 heavy (non-hydrogen) atoms. The van der Waals surface area contributed by atoms with Crippen molar-refractivity contribution >= 4 is 17.5 Å². The van der Waals surface area contributed by atoms with Gasteiger partial charge in [-0.3, -0.25) is 9.59 Å². The summed E-state index contributed by atoms with van der Waals surface area (Å²) in [5, 5.41) is 5.69. The Hall–Kier alpha value is -2.04. The first kappa shape index (κ1) is 13.0. The zero-order valence-corrected chi connectivity index (χ0v) is 9.82. The van der Waals surface area contributed by atoms with Crippen LogP contribution in [0.4, 0.5) is 5.69 Å². The van der Waals surface area contributed by atoms with E-state index >= 15 is 0 Å². The fraction of sp³-hybridized carbons (Fsp3) is 0.333. The lowest BCUT2D eigenvalue weighted by atomic mass is 10.1. The maximum absolute atomic E-state index is 11.8. The van der Waals surface area contributed by atoms with E-state index in [9.17, 15) is 9.59 Å². The molecule has 1 rings (SSSR count). The van der Waals surface area contributed by atoms with Gasteiger partial charge in [-0.05, 0) is 18.6 Å². The second kappa shape index (κ2) is 6.52. The molecule has 5 heteroatoms. The Balaban J connectivity index is 2.49. The van der Waals surface area contributed by atoms with Crippen molar-refractivity contribution in [1.29, 1.82) is 0 Å². The van der Waals surface area contributed by atoms with Gasteiger partial charge in [0.15, 0.2) is 0 Å². The van der Waals surface area contributed by atoms with Crippen LogP contribution in [0.3, 0.4) is 0 Å². The molecule has 0 aromatic heterocycles. The minimum atomic E-state index is -0.352. The lowest BCUT2D eigenvalue weighted by Crippen LogP contribution is -2.26. The number of nitrogens with one attached hydrogen (secondary N) is 2. The maximum Gasteiger partial charge on any atom is 0.253 e. The number of hydrogen-bond donors (Lipinski definition) is 3. The average molecular weight is 235 g/mol. The number of carbonyl (C=O) groups excluding carboxylic acids is 2. The molecular weight excluding hydrogens is 218 g/mol. The molecule has 0 aliphatic carbocycles. The lowest BCUT2D eigenvalue weighted by molar-refractivity contribution is -0.118. The number of rotatable bonds is 6. The van der Waals surface area contributed by atoms with Crippen LogP contribution >= 0.6 is 0 Å². The Bertz CT molecular complexity index is 404. The number of primary amides is 1. The van der Waals surface area contributed by atoms with Crippen LogP contribution in [0, 0.1) is 0 Å². The van der Waals surface area contributed by atoms with E-state index in [4.69, 9.17) is 5.73 Å². The molecule has 5 nitrogen and oxygen atoms in total. The van der Waals surface area contributed by atoms with Gasteiger partial charge in [-0.1, -0.05) is 12.1 Å². The Kier molecular flexibility index (Phi) is 5.00. The van der Waals surface area contributed by atoms with Gasteiger partial charge in [-0.2, -0.15) is 0 Å². The van der Waals surface area contributed by atoms with Crippen LogP contribution in [0.2, 0.25) is 0 Å². The summed E-state index contributed by atoms with van der Waals surface area (Å²) < 4.78 is 0. The second-order valence-corrected chi connectivity index (χ2v) is 3.62. The van der Waals surface area contributed by atoms with Gasteiger partial charge in [-0.15, -0.1) is 0 Å². The highest BCUT2D eigenvalue weighted by atomic mass is 16.2. The summed E-state index contributed by atoms with van der Waals surface area (Å²) in [6, 6.07) is 7.24. The van der Waals surface area contributed by atoms with Crippen LogP contribution in [-0.4, -0.2) is 25.4 Å². The summed E-state index contributed by atoms with van der Waals surface area (Å²) in [6.07, 6.45) is 0.844. The molecule has 0 radical (unpaired) electrons. The molecule has 0 fully saturated rings. The molecule has 0 aliphatic heterocycles. The fourth-order valence-electron chi connectivity index (χ4n) is 1.46. The van der Waals surface area contributed by atoms with Gasteiger partial charge in [0, 0.05) is 25.7 Å². The maximum atomic E-state index is 11.8. The molecule has 0 saturated carbocycles. The lowest BCUT2D eigenvalue weighted by Gasteiger charge is -2.09. The van der Waals surface area contributed by atoms with Crippen LogP contribution in [0.15, 0.2) is 24.3 Å². The van der Waals surface area contributed by atoms with Crippen molar-refractivity contribution in [3.63, 3.8) is 0 Å². The normalized spacial score (nSPS) is 9.71. The Morgan fingerprint density at radius 1 is 1.29 bits per heavy atom. The molecule has 0 saturated heterocycles. The van der Waals surface area contributed by atoms with Crippen molar-refractivity contribution in [3.8, 4) is 0 Å². The second-order valence-electron chi connectivity index (χ2n) is 3.62. The number of nitrogens with two attached hydrogens (primary N) is 1. The van der Waals surface area contributed by atoms with E-state index in [-0.39, 0.29) is 18.2 Å². The summed E-state index contributed by atoms with van der Waals surface area (Å²) in [5.41, 5.74) is 6.37. The molecule has 0 spiro atoms. The van der Waals surface area contributed by atoms with Gasteiger partial charge in [0.2, 0.25) is 5.91 Å². The molecule has 2 amide bonds. The molecule has 0 aliphatic rings. The summed E-state index contributed by atoms with van der Waals surface area (Å²) in [7, 11) is 1.76. The van der Waals surface area contributed by atoms with Crippen molar-refractivity contribution < 1.29 is 9.59 Å². The van der Waals surface area contributed by atoms with Crippen molar-refractivity contribution in [2.45, 2.75) is 12.8 Å². The predicted octanol–water partition coefficient (Wildman–Crippen LogP) is 0.724. The zero-order valence-electron chi connectivity index (χ0n) is 9.82. The van der Waals surface area contributed by atoms with E-state index in [0.29, 0.717) is 18.5 Å². The number of anilines is 1. The smallest absolute Gasteiger partial charge is 0.253 e. The molecule has 0 atom stereocenters. The minimum Gasteiger partial charge on any atom is -0.387 e. The van der Waals surface area contributed by atoms with E-state index < -0.39 is 0 Å². The van der Waals surface area contributed by atoms with E-state index in [1.807, 2.05) is 12.1 Å². The first-order chi connectivity index (χ1) is 8.15. The number of para-hydroxylation sites is 1. The molecule has 1 aromatic rings. The fourth-order valence-corrected chi connectivity index (χ4v) is 1.46. The molecule has 4 N–H and O–H groups in total. The molecule has 0 unspecified atom stereocenters. The summed E-state index contributed by atoms with van der Waals surface area (Å²) >= 11 is 0. The Morgan fingerprint density at radius 2 is 2.00 bits per heavy atom. The molecule has 0 bridgehead atoms. The predicted molar refractivity (Wildman–Crippen MR) is 66.8 cm³/mol. The van der Waals surface area contributed by atoms with Crippen LogP contribution in [-0.2, 0) is 4.79 Å². The van der Waals surface area contributed by atoms with Crippen molar-refractivity contribution in [3.05, 3.63) is 29.8 Å². The van der Waals surface area contributed by atoms with E-state index in [1.165, 1.54) is 0 Å². The molecule has 92 valence electrons. The van der Waals surface area contributed by atoms with Crippen molar-refractivity contribution in [1.82, 2.24) is 5.32 Å². The van der Waals surface area contributed by atoms with Gasteiger partial charge in [0.05, 0.1) is 5.56 Å².